The molecule has 30 heavy (non-hydrogen) atoms. The van der Waals surface area contributed by atoms with Gasteiger partial charge in [0.05, 0.1) is 0 Å². The summed E-state index contributed by atoms with van der Waals surface area (Å²) in [4.78, 5) is 20.9. The molecule has 0 saturated carbocycles. The first-order chi connectivity index (χ1) is 13.6. The molecular formula is C16H10F6O8. The highest BCUT2D eigenvalue weighted by Crippen LogP contribution is 2.28. The van der Waals surface area contributed by atoms with Gasteiger partial charge in [-0.2, -0.15) is 0 Å². The Morgan fingerprint density at radius 2 is 0.967 bits per heavy atom. The van der Waals surface area contributed by atoms with Gasteiger partial charge < -0.3 is 29.9 Å². The molecule has 2 aromatic rings. The Kier molecular flexibility index (Phi) is 7.34. The highest BCUT2D eigenvalue weighted by molar-refractivity contribution is 5.91. The van der Waals surface area contributed by atoms with Crippen molar-refractivity contribution in [3.05, 3.63) is 47.5 Å². The Bertz CT molecular complexity index is 847. The molecule has 8 nitrogen and oxygen atoms in total. The molecule has 0 aliphatic rings. The van der Waals surface area contributed by atoms with Gasteiger partial charge in [0.15, 0.2) is 0 Å². The van der Waals surface area contributed by atoms with E-state index < -0.39 is 58.8 Å². The van der Waals surface area contributed by atoms with E-state index in [0.29, 0.717) is 12.1 Å². The predicted octanol–water partition coefficient (Wildman–Crippen LogP) is 3.98. The first-order valence-corrected chi connectivity index (χ1v) is 7.23. The summed E-state index contributed by atoms with van der Waals surface area (Å²) in [6.07, 6.45) is -9.79. The van der Waals surface area contributed by atoms with Crippen LogP contribution in [-0.2, 0) is 0 Å². The summed E-state index contributed by atoms with van der Waals surface area (Å²) >= 11 is 0. The predicted molar refractivity (Wildman–Crippen MR) is 83.5 cm³/mol. The Morgan fingerprint density at radius 3 is 1.20 bits per heavy atom. The molecule has 0 spiro atoms. The first kappa shape index (κ1) is 24.2. The smallest absolute Gasteiger partial charge is 0.507 e. The molecule has 0 aromatic heterocycles. The lowest BCUT2D eigenvalue weighted by atomic mass is 10.2. The maximum Gasteiger partial charge on any atom is 0.573 e. The normalized spacial score (nSPS) is 11.1. The molecule has 2 rings (SSSR count). The van der Waals surface area contributed by atoms with Gasteiger partial charge in [-0.25, -0.2) is 9.59 Å². The van der Waals surface area contributed by atoms with Crippen molar-refractivity contribution in [3.8, 4) is 23.0 Å². The van der Waals surface area contributed by atoms with Crippen LogP contribution in [0.5, 0.6) is 23.0 Å². The number of carboxylic acid groups (broad SMARTS) is 2. The first-order valence-electron chi connectivity index (χ1n) is 7.23. The molecule has 164 valence electrons. The molecule has 2 aromatic carbocycles. The summed E-state index contributed by atoms with van der Waals surface area (Å²) in [5, 5.41) is 35.0. The average molecular weight is 444 g/mol. The fraction of sp³-hybridized carbons (Fsp3) is 0.125. The van der Waals surface area contributed by atoms with Crippen molar-refractivity contribution < 1.29 is 65.8 Å². The van der Waals surface area contributed by atoms with Crippen LogP contribution in [0.3, 0.4) is 0 Å². The molecule has 14 heteroatoms. The van der Waals surface area contributed by atoms with Gasteiger partial charge in [0, 0.05) is 0 Å². The third-order valence-corrected chi connectivity index (χ3v) is 2.86. The number of alkyl halides is 6. The molecule has 0 saturated heterocycles. The molecule has 0 heterocycles. The lowest BCUT2D eigenvalue weighted by Crippen LogP contribution is -2.17. The number of rotatable bonds is 4. The standard InChI is InChI=1S/2C8H5F3O4/c2*9-8(10,11)15-4-1-2-6(12)5(3-4)7(13)14/h2*1-3,12H,(H,13,14). The zero-order chi connectivity index (χ0) is 23.3. The van der Waals surface area contributed by atoms with Crippen LogP contribution in [0.15, 0.2) is 36.4 Å². The molecule has 0 atom stereocenters. The van der Waals surface area contributed by atoms with E-state index in [4.69, 9.17) is 20.4 Å². The monoisotopic (exact) mass is 444 g/mol. The van der Waals surface area contributed by atoms with Crippen LogP contribution in [0.2, 0.25) is 0 Å². The van der Waals surface area contributed by atoms with Crippen LogP contribution in [0.25, 0.3) is 0 Å². The third kappa shape index (κ3) is 8.04. The number of hydrogen-bond acceptors (Lipinski definition) is 6. The van der Waals surface area contributed by atoms with Gasteiger partial charge in [-0.1, -0.05) is 0 Å². The minimum Gasteiger partial charge on any atom is -0.507 e. The van der Waals surface area contributed by atoms with Gasteiger partial charge >= 0.3 is 24.7 Å². The fourth-order valence-corrected chi connectivity index (χ4v) is 1.77. The Balaban J connectivity index is 0.000000300. The van der Waals surface area contributed by atoms with E-state index in [2.05, 4.69) is 9.47 Å². The average Bonchev–Trinajstić information content (AvgIpc) is 2.56. The van der Waals surface area contributed by atoms with E-state index in [0.717, 1.165) is 24.3 Å². The van der Waals surface area contributed by atoms with Crippen LogP contribution in [0.4, 0.5) is 26.3 Å². The minimum atomic E-state index is -4.90. The van der Waals surface area contributed by atoms with Gasteiger partial charge in [0.25, 0.3) is 0 Å². The van der Waals surface area contributed by atoms with E-state index in [1.165, 1.54) is 0 Å². The fourth-order valence-electron chi connectivity index (χ4n) is 1.77. The number of phenols is 2. The van der Waals surface area contributed by atoms with Gasteiger partial charge in [-0.15, -0.1) is 26.3 Å². The molecule has 0 fully saturated rings. The molecule has 0 aliphatic heterocycles. The SMILES string of the molecule is O=C(O)c1cc(OC(F)(F)F)ccc1O.O=C(O)c1cc(OC(F)(F)F)ccc1O. The van der Waals surface area contributed by atoms with Gasteiger partial charge in [0.1, 0.15) is 34.1 Å². The van der Waals surface area contributed by atoms with E-state index in [1.807, 2.05) is 0 Å². The highest BCUT2D eigenvalue weighted by Gasteiger charge is 2.32. The topological polar surface area (TPSA) is 134 Å². The maximum absolute atomic E-state index is 11.7. The molecule has 0 bridgehead atoms. The van der Waals surface area contributed by atoms with Crippen molar-refractivity contribution >= 4 is 11.9 Å². The van der Waals surface area contributed by atoms with Crippen LogP contribution >= 0.6 is 0 Å². The second-order valence-electron chi connectivity index (χ2n) is 5.06. The van der Waals surface area contributed by atoms with E-state index in [9.17, 15) is 35.9 Å². The third-order valence-electron chi connectivity index (χ3n) is 2.86. The van der Waals surface area contributed by atoms with Crippen LogP contribution in [0, 0.1) is 0 Å². The largest absolute Gasteiger partial charge is 0.573 e. The van der Waals surface area contributed by atoms with E-state index in [-0.39, 0.29) is 0 Å². The summed E-state index contributed by atoms with van der Waals surface area (Å²) < 4.78 is 77.4. The van der Waals surface area contributed by atoms with Crippen LogP contribution < -0.4 is 9.47 Å². The summed E-state index contributed by atoms with van der Waals surface area (Å²) in [7, 11) is 0. The number of carbonyl (C=O) groups is 2. The number of halogens is 6. The van der Waals surface area contributed by atoms with Crippen LogP contribution in [0.1, 0.15) is 20.7 Å². The Morgan fingerprint density at radius 1 is 0.667 bits per heavy atom. The van der Waals surface area contributed by atoms with E-state index >= 15 is 0 Å². The maximum atomic E-state index is 11.7. The van der Waals surface area contributed by atoms with Crippen molar-refractivity contribution in [1.82, 2.24) is 0 Å². The summed E-state index contributed by atoms with van der Waals surface area (Å²) in [5.74, 6) is -5.73. The Hall–Kier alpha value is -3.84. The molecule has 0 radical (unpaired) electrons. The number of benzene rings is 2. The second-order valence-corrected chi connectivity index (χ2v) is 5.06. The molecule has 0 amide bonds. The quantitative estimate of drug-likeness (QED) is 0.521. The van der Waals surface area contributed by atoms with Crippen molar-refractivity contribution in [1.29, 1.82) is 0 Å². The number of aromatic carboxylic acids is 2. The van der Waals surface area contributed by atoms with Crippen molar-refractivity contribution in [2.24, 2.45) is 0 Å². The lowest BCUT2D eigenvalue weighted by Gasteiger charge is -2.09. The lowest BCUT2D eigenvalue weighted by molar-refractivity contribution is -0.275. The van der Waals surface area contributed by atoms with Crippen molar-refractivity contribution in [2.75, 3.05) is 0 Å². The number of carboxylic acids is 2. The van der Waals surface area contributed by atoms with Crippen molar-refractivity contribution in [2.45, 2.75) is 12.7 Å². The van der Waals surface area contributed by atoms with Gasteiger partial charge in [-0.3, -0.25) is 0 Å². The van der Waals surface area contributed by atoms with Gasteiger partial charge in [0.2, 0.25) is 0 Å². The Labute approximate surface area is 162 Å². The molecule has 0 unspecified atom stereocenters. The number of hydrogen-bond donors (Lipinski definition) is 4. The zero-order valence-electron chi connectivity index (χ0n) is 14.2. The zero-order valence-corrected chi connectivity index (χ0v) is 14.2. The summed E-state index contributed by atoms with van der Waals surface area (Å²) in [5.41, 5.74) is -1.31. The molecule has 0 aliphatic carbocycles. The number of aromatic hydroxyl groups is 2. The number of ether oxygens (including phenoxy) is 2. The summed E-state index contributed by atoms with van der Waals surface area (Å²) in [6.45, 7) is 0. The molecule has 4 N–H and O–H groups in total. The highest BCUT2D eigenvalue weighted by atomic mass is 19.4. The van der Waals surface area contributed by atoms with E-state index in [1.54, 1.807) is 0 Å². The second kappa shape index (κ2) is 9.11. The summed E-state index contributed by atoms with van der Waals surface area (Å²) in [6, 6.07) is 4.43. The molecular weight excluding hydrogens is 434 g/mol. The van der Waals surface area contributed by atoms with Gasteiger partial charge in [-0.05, 0) is 36.4 Å². The minimum absolute atomic E-state index is 0.588. The van der Waals surface area contributed by atoms with Crippen LogP contribution in [-0.4, -0.2) is 45.1 Å². The van der Waals surface area contributed by atoms with Crippen molar-refractivity contribution in [3.63, 3.8) is 0 Å².